The van der Waals surface area contributed by atoms with Crippen molar-refractivity contribution in [1.29, 1.82) is 0 Å². The van der Waals surface area contributed by atoms with Crippen molar-refractivity contribution < 1.29 is 9.53 Å². The van der Waals surface area contributed by atoms with Crippen LogP contribution >= 0.6 is 22.6 Å². The highest BCUT2D eigenvalue weighted by Crippen LogP contribution is 2.27. The largest absolute Gasteiger partial charge is 0.469 e. The van der Waals surface area contributed by atoms with E-state index in [1.807, 2.05) is 13.8 Å². The number of carbonyl (C=O) groups is 1. The Kier molecular flexibility index (Phi) is 4.13. The first-order chi connectivity index (χ1) is 6.95. The number of hydrogen-bond donors (Lipinski definition) is 0. The van der Waals surface area contributed by atoms with E-state index in [2.05, 4.69) is 46.9 Å². The summed E-state index contributed by atoms with van der Waals surface area (Å²) >= 11 is 2.27. The summed E-state index contributed by atoms with van der Waals surface area (Å²) in [5.74, 6) is -0.168. The number of halogens is 1. The van der Waals surface area contributed by atoms with Gasteiger partial charge in [0.2, 0.25) is 0 Å². The van der Waals surface area contributed by atoms with Crippen LogP contribution in [0.15, 0.2) is 24.3 Å². The van der Waals surface area contributed by atoms with Crippen molar-refractivity contribution in [2.75, 3.05) is 7.11 Å². The van der Waals surface area contributed by atoms with Gasteiger partial charge in [0.25, 0.3) is 0 Å². The summed E-state index contributed by atoms with van der Waals surface area (Å²) in [6.45, 7) is 4.10. The molecule has 82 valence electrons. The zero-order valence-electron chi connectivity index (χ0n) is 9.21. The summed E-state index contributed by atoms with van der Waals surface area (Å²) in [5, 5.41) is 0. The SMILES string of the molecule is COC(=O)CC(C)(C)c1ccc(I)cc1. The molecule has 0 aliphatic carbocycles. The number of rotatable bonds is 3. The van der Waals surface area contributed by atoms with Crippen LogP contribution in [0.2, 0.25) is 0 Å². The molecule has 0 saturated heterocycles. The van der Waals surface area contributed by atoms with Crippen LogP contribution in [0.25, 0.3) is 0 Å². The van der Waals surface area contributed by atoms with Gasteiger partial charge in [0.1, 0.15) is 0 Å². The van der Waals surface area contributed by atoms with E-state index in [1.165, 1.54) is 10.7 Å². The Morgan fingerprint density at radius 3 is 2.33 bits per heavy atom. The predicted octanol–water partition coefficient (Wildman–Crippen LogP) is 3.13. The third kappa shape index (κ3) is 3.48. The van der Waals surface area contributed by atoms with Gasteiger partial charge in [-0.25, -0.2) is 0 Å². The van der Waals surface area contributed by atoms with Crippen LogP contribution in [0.4, 0.5) is 0 Å². The van der Waals surface area contributed by atoms with Crippen molar-refractivity contribution in [1.82, 2.24) is 0 Å². The molecule has 0 bridgehead atoms. The van der Waals surface area contributed by atoms with Crippen molar-refractivity contribution in [2.45, 2.75) is 25.7 Å². The second-order valence-electron chi connectivity index (χ2n) is 4.14. The standard InChI is InChI=1S/C12H15IO2/c1-12(2,8-11(14)15-3)9-4-6-10(13)7-5-9/h4-7H,8H2,1-3H3. The Bertz CT molecular complexity index is 341. The molecule has 0 radical (unpaired) electrons. The first-order valence-corrected chi connectivity index (χ1v) is 5.86. The third-order valence-electron chi connectivity index (χ3n) is 2.44. The molecule has 0 atom stereocenters. The van der Waals surface area contributed by atoms with E-state index in [1.54, 1.807) is 0 Å². The Morgan fingerprint density at radius 1 is 1.33 bits per heavy atom. The molecule has 0 saturated carbocycles. The highest BCUT2D eigenvalue weighted by molar-refractivity contribution is 14.1. The predicted molar refractivity (Wildman–Crippen MR) is 68.8 cm³/mol. The van der Waals surface area contributed by atoms with Gasteiger partial charge in [-0.1, -0.05) is 26.0 Å². The van der Waals surface area contributed by atoms with Crippen LogP contribution in [0.1, 0.15) is 25.8 Å². The van der Waals surface area contributed by atoms with Gasteiger partial charge in [-0.05, 0) is 40.3 Å². The van der Waals surface area contributed by atoms with Crippen LogP contribution < -0.4 is 0 Å². The lowest BCUT2D eigenvalue weighted by molar-refractivity contribution is -0.141. The summed E-state index contributed by atoms with van der Waals surface area (Å²) in [4.78, 5) is 11.2. The van der Waals surface area contributed by atoms with E-state index >= 15 is 0 Å². The van der Waals surface area contributed by atoms with Gasteiger partial charge < -0.3 is 4.74 Å². The first kappa shape index (κ1) is 12.5. The Balaban J connectivity index is 2.85. The van der Waals surface area contributed by atoms with E-state index in [0.717, 1.165) is 5.56 Å². The third-order valence-corrected chi connectivity index (χ3v) is 3.16. The highest BCUT2D eigenvalue weighted by Gasteiger charge is 2.24. The lowest BCUT2D eigenvalue weighted by Crippen LogP contribution is -2.22. The summed E-state index contributed by atoms with van der Waals surface area (Å²) in [6.07, 6.45) is 0.407. The smallest absolute Gasteiger partial charge is 0.306 e. The quantitative estimate of drug-likeness (QED) is 0.632. The normalized spacial score (nSPS) is 11.2. The van der Waals surface area contributed by atoms with E-state index < -0.39 is 0 Å². The van der Waals surface area contributed by atoms with Crippen LogP contribution in [0.3, 0.4) is 0 Å². The molecule has 0 fully saturated rings. The maximum atomic E-state index is 11.2. The minimum absolute atomic E-state index is 0.168. The molecule has 0 heterocycles. The zero-order chi connectivity index (χ0) is 11.5. The van der Waals surface area contributed by atoms with Crippen LogP contribution in [-0.2, 0) is 14.9 Å². The monoisotopic (exact) mass is 318 g/mol. The number of methoxy groups -OCH3 is 1. The number of carbonyl (C=O) groups excluding carboxylic acids is 1. The lowest BCUT2D eigenvalue weighted by Gasteiger charge is -2.23. The fourth-order valence-corrected chi connectivity index (χ4v) is 1.80. The first-order valence-electron chi connectivity index (χ1n) is 4.78. The van der Waals surface area contributed by atoms with Gasteiger partial charge in [-0.15, -0.1) is 0 Å². The Labute approximate surface area is 104 Å². The van der Waals surface area contributed by atoms with Gasteiger partial charge in [0, 0.05) is 8.99 Å². The molecule has 3 heteroatoms. The fourth-order valence-electron chi connectivity index (χ4n) is 1.44. The van der Waals surface area contributed by atoms with Crippen molar-refractivity contribution >= 4 is 28.6 Å². The molecule has 0 amide bonds. The van der Waals surface area contributed by atoms with E-state index in [9.17, 15) is 4.79 Å². The molecule has 0 aliphatic rings. The second-order valence-corrected chi connectivity index (χ2v) is 5.39. The second kappa shape index (κ2) is 4.96. The summed E-state index contributed by atoms with van der Waals surface area (Å²) < 4.78 is 5.89. The minimum atomic E-state index is -0.169. The number of benzene rings is 1. The lowest BCUT2D eigenvalue weighted by atomic mass is 9.82. The molecule has 1 aromatic rings. The van der Waals surface area contributed by atoms with Crippen LogP contribution in [0, 0.1) is 3.57 Å². The van der Waals surface area contributed by atoms with E-state index in [4.69, 9.17) is 4.74 Å². The minimum Gasteiger partial charge on any atom is -0.469 e. The molecule has 0 unspecified atom stereocenters. The van der Waals surface area contributed by atoms with Crippen molar-refractivity contribution in [3.8, 4) is 0 Å². The van der Waals surface area contributed by atoms with E-state index in [0.29, 0.717) is 6.42 Å². The average molecular weight is 318 g/mol. The van der Waals surface area contributed by atoms with Gasteiger partial charge in [-0.3, -0.25) is 4.79 Å². The molecular weight excluding hydrogens is 303 g/mol. The Hall–Kier alpha value is -0.580. The van der Waals surface area contributed by atoms with Gasteiger partial charge in [0.05, 0.1) is 13.5 Å². The molecule has 1 rings (SSSR count). The summed E-state index contributed by atoms with van der Waals surface area (Å²) in [7, 11) is 1.42. The summed E-state index contributed by atoms with van der Waals surface area (Å²) in [5.41, 5.74) is 0.991. The van der Waals surface area contributed by atoms with Crippen LogP contribution in [-0.4, -0.2) is 13.1 Å². The number of hydrogen-bond acceptors (Lipinski definition) is 2. The molecule has 15 heavy (non-hydrogen) atoms. The molecule has 2 nitrogen and oxygen atoms in total. The number of ether oxygens (including phenoxy) is 1. The van der Waals surface area contributed by atoms with Crippen molar-refractivity contribution in [3.63, 3.8) is 0 Å². The molecule has 0 N–H and O–H groups in total. The molecule has 0 spiro atoms. The maximum absolute atomic E-state index is 11.2. The topological polar surface area (TPSA) is 26.3 Å². The van der Waals surface area contributed by atoms with Crippen LogP contribution in [0.5, 0.6) is 0 Å². The van der Waals surface area contributed by atoms with Crippen molar-refractivity contribution in [2.24, 2.45) is 0 Å². The van der Waals surface area contributed by atoms with Gasteiger partial charge in [-0.2, -0.15) is 0 Å². The van der Waals surface area contributed by atoms with Crippen molar-refractivity contribution in [3.05, 3.63) is 33.4 Å². The van der Waals surface area contributed by atoms with Gasteiger partial charge in [0.15, 0.2) is 0 Å². The fraction of sp³-hybridized carbons (Fsp3) is 0.417. The number of esters is 1. The van der Waals surface area contributed by atoms with E-state index in [-0.39, 0.29) is 11.4 Å². The molecule has 1 aromatic carbocycles. The molecular formula is C12H15IO2. The molecule has 0 aromatic heterocycles. The zero-order valence-corrected chi connectivity index (χ0v) is 11.4. The summed E-state index contributed by atoms with van der Waals surface area (Å²) in [6, 6.07) is 8.22. The molecule has 0 aliphatic heterocycles. The Morgan fingerprint density at radius 2 is 1.87 bits per heavy atom. The average Bonchev–Trinajstić information content (AvgIpc) is 2.17. The highest BCUT2D eigenvalue weighted by atomic mass is 127. The van der Waals surface area contributed by atoms with Gasteiger partial charge >= 0.3 is 5.97 Å². The maximum Gasteiger partial charge on any atom is 0.306 e.